The first-order valence-corrected chi connectivity index (χ1v) is 8.66. The fourth-order valence-corrected chi connectivity index (χ4v) is 2.64. The Morgan fingerprint density at radius 2 is 2.10 bits per heavy atom. The van der Waals surface area contributed by atoms with Crippen LogP contribution in [0.15, 0.2) is 18.2 Å². The number of likely N-dealkylation sites (N-methyl/N-ethyl adjacent to an activating group) is 1. The second-order valence-electron chi connectivity index (χ2n) is 4.96. The molecular weight excluding hydrogens is 319 g/mol. The van der Waals surface area contributed by atoms with Crippen LogP contribution >= 0.6 is 11.6 Å². The van der Waals surface area contributed by atoms with Crippen LogP contribution in [-0.2, 0) is 21.2 Å². The smallest absolute Gasteiger partial charge is 0.239 e. The third-order valence-corrected chi connectivity index (χ3v) is 4.24. The van der Waals surface area contributed by atoms with E-state index in [0.717, 1.165) is 6.26 Å². The Kier molecular flexibility index (Phi) is 6.12. The lowest BCUT2D eigenvalue weighted by molar-refractivity contribution is -0.131. The van der Waals surface area contributed by atoms with Crippen LogP contribution in [-0.4, -0.2) is 44.3 Å². The van der Waals surface area contributed by atoms with Gasteiger partial charge in [-0.2, -0.15) is 0 Å². The van der Waals surface area contributed by atoms with Crippen molar-refractivity contribution < 1.29 is 17.6 Å². The van der Waals surface area contributed by atoms with Crippen molar-refractivity contribution in [3.63, 3.8) is 0 Å². The normalized spacial score (nSPS) is 13.0. The van der Waals surface area contributed by atoms with Crippen LogP contribution in [0.4, 0.5) is 4.39 Å². The third-order valence-electron chi connectivity index (χ3n) is 2.92. The summed E-state index contributed by atoms with van der Waals surface area (Å²) in [5.74, 6) is -0.993. The van der Waals surface area contributed by atoms with E-state index in [2.05, 4.69) is 0 Å². The molecule has 2 N–H and O–H groups in total. The van der Waals surface area contributed by atoms with E-state index in [9.17, 15) is 17.6 Å². The van der Waals surface area contributed by atoms with Crippen LogP contribution in [0.25, 0.3) is 0 Å². The van der Waals surface area contributed by atoms with Crippen LogP contribution in [0, 0.1) is 5.82 Å². The molecule has 0 spiro atoms. The molecule has 0 aromatic heterocycles. The quantitative estimate of drug-likeness (QED) is 0.846. The van der Waals surface area contributed by atoms with E-state index < -0.39 is 21.7 Å². The summed E-state index contributed by atoms with van der Waals surface area (Å²) < 4.78 is 35.1. The van der Waals surface area contributed by atoms with Crippen molar-refractivity contribution in [3.05, 3.63) is 34.6 Å². The number of halogens is 2. The van der Waals surface area contributed by atoms with Gasteiger partial charge in [0.05, 0.1) is 11.8 Å². The van der Waals surface area contributed by atoms with E-state index in [1.165, 1.54) is 30.1 Å². The number of hydrogen-bond donors (Lipinski definition) is 1. The molecule has 0 fully saturated rings. The number of rotatable bonds is 6. The second kappa shape index (κ2) is 7.20. The molecule has 0 aliphatic rings. The number of amides is 1. The van der Waals surface area contributed by atoms with Gasteiger partial charge in [0.25, 0.3) is 0 Å². The van der Waals surface area contributed by atoms with Gasteiger partial charge in [-0.3, -0.25) is 4.79 Å². The van der Waals surface area contributed by atoms with Gasteiger partial charge in [0.1, 0.15) is 15.7 Å². The number of benzene rings is 1. The summed E-state index contributed by atoms with van der Waals surface area (Å²) in [6, 6.07) is 3.01. The molecule has 0 aliphatic carbocycles. The fraction of sp³-hybridized carbons (Fsp3) is 0.462. The van der Waals surface area contributed by atoms with Gasteiger partial charge >= 0.3 is 0 Å². The Morgan fingerprint density at radius 3 is 2.62 bits per heavy atom. The molecule has 118 valence electrons. The van der Waals surface area contributed by atoms with Gasteiger partial charge in [-0.05, 0) is 24.1 Å². The number of hydrogen-bond acceptors (Lipinski definition) is 4. The number of carbonyl (C=O) groups excluding carboxylic acids is 1. The maximum atomic E-state index is 12.9. The minimum absolute atomic E-state index is 0.0547. The summed E-state index contributed by atoms with van der Waals surface area (Å²) in [5, 5.41) is 0.222. The maximum absolute atomic E-state index is 12.9. The highest BCUT2D eigenvalue weighted by Gasteiger charge is 2.20. The summed E-state index contributed by atoms with van der Waals surface area (Å²) in [6.07, 6.45) is 1.14. The van der Waals surface area contributed by atoms with Gasteiger partial charge in [0.15, 0.2) is 0 Å². The molecule has 1 amide bonds. The topological polar surface area (TPSA) is 80.5 Å². The monoisotopic (exact) mass is 336 g/mol. The molecule has 0 heterocycles. The van der Waals surface area contributed by atoms with E-state index in [4.69, 9.17) is 17.3 Å². The third kappa shape index (κ3) is 5.99. The van der Waals surface area contributed by atoms with E-state index in [1.807, 2.05) is 0 Å². The van der Waals surface area contributed by atoms with Gasteiger partial charge in [-0.1, -0.05) is 17.7 Å². The highest BCUT2D eigenvalue weighted by molar-refractivity contribution is 7.90. The van der Waals surface area contributed by atoms with Crippen LogP contribution in [0.5, 0.6) is 0 Å². The van der Waals surface area contributed by atoms with Crippen LogP contribution < -0.4 is 5.73 Å². The van der Waals surface area contributed by atoms with Crippen molar-refractivity contribution >= 4 is 27.3 Å². The molecule has 0 aliphatic heterocycles. The summed E-state index contributed by atoms with van der Waals surface area (Å²) in [6.45, 7) is 0.171. The number of nitrogens with two attached hydrogens (primary N) is 1. The summed E-state index contributed by atoms with van der Waals surface area (Å²) in [4.78, 5) is 13.4. The zero-order valence-electron chi connectivity index (χ0n) is 11.8. The van der Waals surface area contributed by atoms with Crippen LogP contribution in [0.1, 0.15) is 12.0 Å². The summed E-state index contributed by atoms with van der Waals surface area (Å²) in [5.41, 5.74) is 6.28. The second-order valence-corrected chi connectivity index (χ2v) is 7.62. The van der Waals surface area contributed by atoms with Crippen molar-refractivity contribution in [3.8, 4) is 0 Å². The van der Waals surface area contributed by atoms with Gasteiger partial charge in [0.2, 0.25) is 5.91 Å². The molecule has 1 rings (SSSR count). The maximum Gasteiger partial charge on any atom is 0.239 e. The van der Waals surface area contributed by atoms with E-state index in [0.29, 0.717) is 5.56 Å². The Morgan fingerprint density at radius 1 is 1.48 bits per heavy atom. The number of sulfone groups is 1. The predicted octanol–water partition coefficient (Wildman–Crippen LogP) is 1.20. The van der Waals surface area contributed by atoms with Gasteiger partial charge in [-0.15, -0.1) is 0 Å². The van der Waals surface area contributed by atoms with Crippen LogP contribution in [0.3, 0.4) is 0 Å². The lowest BCUT2D eigenvalue weighted by Crippen LogP contribution is -2.42. The van der Waals surface area contributed by atoms with E-state index in [-0.39, 0.29) is 29.6 Å². The average molecular weight is 337 g/mol. The lowest BCUT2D eigenvalue weighted by atomic mass is 10.1. The SMILES string of the molecule is CN(Cc1ccc(F)cc1Cl)C(=O)[C@@H](N)CCS(C)(=O)=O. The van der Waals surface area contributed by atoms with Crippen molar-refractivity contribution in [1.29, 1.82) is 0 Å². The van der Waals surface area contributed by atoms with E-state index >= 15 is 0 Å². The first-order chi connectivity index (χ1) is 9.60. The Balaban J connectivity index is 2.65. The van der Waals surface area contributed by atoms with Gasteiger partial charge in [-0.25, -0.2) is 12.8 Å². The molecule has 1 aromatic rings. The Hall–Kier alpha value is -1.18. The fourth-order valence-electron chi connectivity index (χ4n) is 1.73. The van der Waals surface area contributed by atoms with Gasteiger partial charge in [0, 0.05) is 24.9 Å². The molecule has 0 unspecified atom stereocenters. The largest absolute Gasteiger partial charge is 0.340 e. The molecule has 5 nitrogen and oxygen atoms in total. The zero-order chi connectivity index (χ0) is 16.2. The predicted molar refractivity (Wildman–Crippen MR) is 80.2 cm³/mol. The summed E-state index contributed by atoms with van der Waals surface area (Å²) in [7, 11) is -1.63. The molecular formula is C13H18ClFN2O3S. The first-order valence-electron chi connectivity index (χ1n) is 6.22. The summed E-state index contributed by atoms with van der Waals surface area (Å²) >= 11 is 5.89. The number of nitrogens with zero attached hydrogens (tertiary/aromatic N) is 1. The van der Waals surface area contributed by atoms with Crippen molar-refractivity contribution in [2.24, 2.45) is 5.73 Å². The van der Waals surface area contributed by atoms with Crippen molar-refractivity contribution in [2.45, 2.75) is 19.0 Å². The standard InChI is InChI=1S/C13H18ClFN2O3S/c1-17(8-9-3-4-10(15)7-11(9)14)13(18)12(16)5-6-21(2,19)20/h3-4,7,12H,5-6,8,16H2,1-2H3/t12-/m0/s1. The number of carbonyl (C=O) groups is 1. The Bertz CT molecular complexity index is 622. The molecule has 0 saturated heterocycles. The molecule has 8 heteroatoms. The first kappa shape index (κ1) is 17.9. The zero-order valence-corrected chi connectivity index (χ0v) is 13.4. The molecule has 0 radical (unpaired) electrons. The van der Waals surface area contributed by atoms with Crippen molar-refractivity contribution in [2.75, 3.05) is 19.1 Å². The van der Waals surface area contributed by atoms with Crippen LogP contribution in [0.2, 0.25) is 5.02 Å². The molecule has 21 heavy (non-hydrogen) atoms. The van der Waals surface area contributed by atoms with Crippen molar-refractivity contribution in [1.82, 2.24) is 4.90 Å². The molecule has 0 bridgehead atoms. The lowest BCUT2D eigenvalue weighted by Gasteiger charge is -2.21. The minimum atomic E-state index is -3.16. The molecule has 1 aromatic carbocycles. The van der Waals surface area contributed by atoms with Gasteiger partial charge < -0.3 is 10.6 Å². The average Bonchev–Trinajstić information content (AvgIpc) is 2.37. The van der Waals surface area contributed by atoms with E-state index in [1.54, 1.807) is 0 Å². The molecule has 1 atom stereocenters. The minimum Gasteiger partial charge on any atom is -0.340 e. The Labute approximate surface area is 128 Å². The highest BCUT2D eigenvalue weighted by atomic mass is 35.5. The molecule has 0 saturated carbocycles. The highest BCUT2D eigenvalue weighted by Crippen LogP contribution is 2.18.